The lowest BCUT2D eigenvalue weighted by atomic mass is 10.2. The number of rotatable bonds is 6. The highest BCUT2D eigenvalue weighted by atomic mass is 35.5. The first-order valence-electron chi connectivity index (χ1n) is 5.21. The van der Waals surface area contributed by atoms with E-state index in [-0.39, 0.29) is 18.2 Å². The fourth-order valence-corrected chi connectivity index (χ4v) is 3.11. The Kier molecular flexibility index (Phi) is 5.73. The van der Waals surface area contributed by atoms with Crippen molar-refractivity contribution in [2.45, 2.75) is 13.5 Å². The Labute approximate surface area is 112 Å². The van der Waals surface area contributed by atoms with Crippen LogP contribution in [0.3, 0.4) is 0 Å². The van der Waals surface area contributed by atoms with Gasteiger partial charge in [-0.15, -0.1) is 11.6 Å². The van der Waals surface area contributed by atoms with Gasteiger partial charge < -0.3 is 0 Å². The summed E-state index contributed by atoms with van der Waals surface area (Å²) in [6.45, 7) is 2.00. The summed E-state index contributed by atoms with van der Waals surface area (Å²) in [5.41, 5.74) is 0.760. The molecular weight excluding hydrogens is 281 g/mol. The van der Waals surface area contributed by atoms with E-state index in [1.54, 1.807) is 25.1 Å². The predicted octanol–water partition coefficient (Wildman–Crippen LogP) is 2.63. The van der Waals surface area contributed by atoms with E-state index in [0.717, 1.165) is 5.56 Å². The summed E-state index contributed by atoms with van der Waals surface area (Å²) >= 11 is 11.5. The lowest BCUT2D eigenvalue weighted by Crippen LogP contribution is -2.29. The second-order valence-electron chi connectivity index (χ2n) is 3.95. The maximum atomic E-state index is 11.7. The lowest BCUT2D eigenvalue weighted by molar-refractivity contribution is 0.568. The summed E-state index contributed by atoms with van der Waals surface area (Å²) in [5.74, 6) is 0.286. The molecular formula is C11H15Cl2NO2S. The number of nitrogens with one attached hydrogen (secondary N) is 1. The maximum Gasteiger partial charge on any atom is 0.212 e. The minimum atomic E-state index is -3.30. The van der Waals surface area contributed by atoms with Crippen molar-refractivity contribution in [1.29, 1.82) is 0 Å². The molecule has 0 aliphatic carbocycles. The maximum absolute atomic E-state index is 11.7. The molecule has 1 N–H and O–H groups in total. The molecule has 0 aliphatic rings. The molecule has 1 rings (SSSR count). The van der Waals surface area contributed by atoms with Crippen LogP contribution in [0.1, 0.15) is 12.5 Å². The summed E-state index contributed by atoms with van der Waals surface area (Å²) in [7, 11) is -3.30. The summed E-state index contributed by atoms with van der Waals surface area (Å²) in [6, 6.07) is 7.13. The number of halogens is 2. The molecule has 6 heteroatoms. The molecule has 1 aromatic rings. The lowest BCUT2D eigenvalue weighted by Gasteiger charge is -2.10. The highest BCUT2D eigenvalue weighted by Gasteiger charge is 2.15. The van der Waals surface area contributed by atoms with Crippen LogP contribution in [0.15, 0.2) is 24.3 Å². The smallest absolute Gasteiger partial charge is 0.212 e. The highest BCUT2D eigenvalue weighted by molar-refractivity contribution is 7.89. The van der Waals surface area contributed by atoms with Crippen LogP contribution in [0, 0.1) is 5.92 Å². The van der Waals surface area contributed by atoms with Crippen molar-refractivity contribution in [3.05, 3.63) is 34.9 Å². The van der Waals surface area contributed by atoms with Gasteiger partial charge in [-0.2, -0.15) is 0 Å². The van der Waals surface area contributed by atoms with Crippen LogP contribution >= 0.6 is 23.2 Å². The molecule has 1 unspecified atom stereocenters. The van der Waals surface area contributed by atoms with Gasteiger partial charge in [-0.3, -0.25) is 0 Å². The van der Waals surface area contributed by atoms with E-state index in [9.17, 15) is 8.42 Å². The van der Waals surface area contributed by atoms with Gasteiger partial charge in [0.25, 0.3) is 0 Å². The molecule has 96 valence electrons. The van der Waals surface area contributed by atoms with E-state index in [2.05, 4.69) is 4.72 Å². The molecule has 0 saturated carbocycles. The molecule has 0 aliphatic heterocycles. The third-order valence-electron chi connectivity index (χ3n) is 2.21. The van der Waals surface area contributed by atoms with Gasteiger partial charge in [0.1, 0.15) is 0 Å². The molecule has 3 nitrogen and oxygen atoms in total. The zero-order valence-corrected chi connectivity index (χ0v) is 11.8. The second-order valence-corrected chi connectivity index (χ2v) is 6.52. The molecule has 0 aromatic heterocycles. The van der Waals surface area contributed by atoms with E-state index in [4.69, 9.17) is 23.2 Å². The molecule has 17 heavy (non-hydrogen) atoms. The quantitative estimate of drug-likeness (QED) is 0.820. The molecule has 0 radical (unpaired) electrons. The first-order chi connectivity index (χ1) is 7.94. The van der Waals surface area contributed by atoms with Crippen molar-refractivity contribution in [2.75, 3.05) is 11.6 Å². The first kappa shape index (κ1) is 14.8. The third kappa shape index (κ3) is 5.25. The second kappa shape index (κ2) is 6.59. The van der Waals surface area contributed by atoms with Crippen molar-refractivity contribution in [3.8, 4) is 0 Å². The van der Waals surface area contributed by atoms with E-state index >= 15 is 0 Å². The van der Waals surface area contributed by atoms with E-state index in [1.165, 1.54) is 0 Å². The molecule has 0 spiro atoms. The Morgan fingerprint density at radius 2 is 2.00 bits per heavy atom. The Hall–Kier alpha value is -0.290. The van der Waals surface area contributed by atoms with Crippen molar-refractivity contribution in [3.63, 3.8) is 0 Å². The van der Waals surface area contributed by atoms with E-state index < -0.39 is 10.0 Å². The van der Waals surface area contributed by atoms with Crippen LogP contribution in [0.5, 0.6) is 0 Å². The van der Waals surface area contributed by atoms with Gasteiger partial charge in [-0.1, -0.05) is 36.7 Å². The van der Waals surface area contributed by atoms with Crippen molar-refractivity contribution in [1.82, 2.24) is 4.72 Å². The van der Waals surface area contributed by atoms with Gasteiger partial charge in [-0.25, -0.2) is 13.1 Å². The van der Waals surface area contributed by atoms with Gasteiger partial charge in [0.2, 0.25) is 10.0 Å². The summed E-state index contributed by atoms with van der Waals surface area (Å²) in [5, 5.41) is 0.556. The van der Waals surface area contributed by atoms with Gasteiger partial charge in [0.05, 0.1) is 5.75 Å². The molecule has 0 fully saturated rings. The van der Waals surface area contributed by atoms with Gasteiger partial charge in [-0.05, 0) is 17.5 Å². The molecule has 0 saturated heterocycles. The van der Waals surface area contributed by atoms with Crippen LogP contribution in [0.4, 0.5) is 0 Å². The van der Waals surface area contributed by atoms with Gasteiger partial charge >= 0.3 is 0 Å². The average molecular weight is 296 g/mol. The molecule has 1 aromatic carbocycles. The number of hydrogen-bond acceptors (Lipinski definition) is 2. The van der Waals surface area contributed by atoms with Crippen LogP contribution in [0.2, 0.25) is 5.02 Å². The number of sulfonamides is 1. The largest absolute Gasteiger partial charge is 0.212 e. The number of hydrogen-bond donors (Lipinski definition) is 1. The Morgan fingerprint density at radius 3 is 2.59 bits per heavy atom. The number of alkyl halides is 1. The summed E-state index contributed by atoms with van der Waals surface area (Å²) in [4.78, 5) is 0. The van der Waals surface area contributed by atoms with Crippen molar-refractivity contribution >= 4 is 33.2 Å². The molecule has 0 amide bonds. The minimum absolute atomic E-state index is 0.0287. The summed E-state index contributed by atoms with van der Waals surface area (Å²) in [6.07, 6.45) is 0. The van der Waals surface area contributed by atoms with Crippen LogP contribution in [-0.4, -0.2) is 20.1 Å². The summed E-state index contributed by atoms with van der Waals surface area (Å²) < 4.78 is 25.9. The standard InChI is InChI=1S/C11H15Cl2NO2S/c1-9(6-12)8-17(15,16)14-7-10-4-2-3-5-11(10)13/h2-5,9,14H,6-8H2,1H3. The fraction of sp³-hybridized carbons (Fsp3) is 0.455. The zero-order valence-electron chi connectivity index (χ0n) is 9.49. The van der Waals surface area contributed by atoms with Crippen LogP contribution in [0.25, 0.3) is 0 Å². The Morgan fingerprint density at radius 1 is 1.35 bits per heavy atom. The Bertz CT molecular complexity index is 462. The molecule has 1 atom stereocenters. The number of benzene rings is 1. The van der Waals surface area contributed by atoms with Crippen molar-refractivity contribution in [2.24, 2.45) is 5.92 Å². The van der Waals surface area contributed by atoms with Gasteiger partial charge in [0.15, 0.2) is 0 Å². The van der Waals surface area contributed by atoms with Crippen LogP contribution < -0.4 is 4.72 Å². The first-order valence-corrected chi connectivity index (χ1v) is 7.78. The van der Waals surface area contributed by atoms with Gasteiger partial charge in [0, 0.05) is 17.4 Å². The molecule has 0 bridgehead atoms. The van der Waals surface area contributed by atoms with Crippen LogP contribution in [-0.2, 0) is 16.6 Å². The van der Waals surface area contributed by atoms with E-state index in [0.29, 0.717) is 10.9 Å². The normalized spacial score (nSPS) is 13.6. The minimum Gasteiger partial charge on any atom is -0.212 e. The molecule has 0 heterocycles. The zero-order chi connectivity index (χ0) is 12.9. The monoisotopic (exact) mass is 295 g/mol. The fourth-order valence-electron chi connectivity index (χ4n) is 1.31. The SMILES string of the molecule is CC(CCl)CS(=O)(=O)NCc1ccccc1Cl. The predicted molar refractivity (Wildman–Crippen MR) is 72.0 cm³/mol. The van der Waals surface area contributed by atoms with Crippen molar-refractivity contribution < 1.29 is 8.42 Å². The topological polar surface area (TPSA) is 46.2 Å². The van der Waals surface area contributed by atoms with E-state index in [1.807, 2.05) is 6.07 Å². The highest BCUT2D eigenvalue weighted by Crippen LogP contribution is 2.14. The average Bonchev–Trinajstić information content (AvgIpc) is 2.27. The third-order valence-corrected chi connectivity index (χ3v) is 4.70. The Balaban J connectivity index is 2.59.